The van der Waals surface area contributed by atoms with Gasteiger partial charge in [-0.15, -0.1) is 0 Å². The van der Waals surface area contributed by atoms with E-state index in [0.717, 1.165) is 5.56 Å². The molecule has 0 fully saturated rings. The minimum Gasteiger partial charge on any atom is -0.409 e. The Morgan fingerprint density at radius 2 is 2.21 bits per heavy atom. The third kappa shape index (κ3) is 3.38. The summed E-state index contributed by atoms with van der Waals surface area (Å²) in [5.74, 6) is -0.329. The zero-order chi connectivity index (χ0) is 14.6. The van der Waals surface area contributed by atoms with Crippen LogP contribution in [0, 0.1) is 6.92 Å². The standard InChI is InChI=1S/C13H18ClN3O2/c1-4-13(3,12(15)17-19)16-11(18)9-5-6-10(14)8(2)7-9/h5-7,19H,4H2,1-3H3,(H2,15,17)(H,16,18). The number of nitrogens with zero attached hydrogens (tertiary/aromatic N) is 1. The highest BCUT2D eigenvalue weighted by molar-refractivity contribution is 6.31. The lowest BCUT2D eigenvalue weighted by molar-refractivity contribution is 0.0925. The number of amides is 1. The lowest BCUT2D eigenvalue weighted by Crippen LogP contribution is -2.55. The summed E-state index contributed by atoms with van der Waals surface area (Å²) >= 11 is 5.91. The molecule has 0 aliphatic heterocycles. The fourth-order valence-corrected chi connectivity index (χ4v) is 1.67. The molecule has 0 saturated carbocycles. The fourth-order valence-electron chi connectivity index (χ4n) is 1.55. The van der Waals surface area contributed by atoms with Crippen molar-refractivity contribution in [2.24, 2.45) is 10.9 Å². The van der Waals surface area contributed by atoms with Crippen molar-refractivity contribution < 1.29 is 10.0 Å². The Morgan fingerprint density at radius 1 is 1.58 bits per heavy atom. The van der Waals surface area contributed by atoms with Crippen LogP contribution in [-0.2, 0) is 0 Å². The van der Waals surface area contributed by atoms with Gasteiger partial charge in [-0.05, 0) is 44.0 Å². The maximum Gasteiger partial charge on any atom is 0.252 e. The molecule has 6 heteroatoms. The average Bonchev–Trinajstić information content (AvgIpc) is 2.40. The largest absolute Gasteiger partial charge is 0.409 e. The van der Waals surface area contributed by atoms with Gasteiger partial charge in [0.15, 0.2) is 5.84 Å². The number of carbonyl (C=O) groups is 1. The lowest BCUT2D eigenvalue weighted by atomic mass is 9.96. The van der Waals surface area contributed by atoms with E-state index in [9.17, 15) is 4.79 Å². The predicted molar refractivity (Wildman–Crippen MR) is 75.8 cm³/mol. The summed E-state index contributed by atoms with van der Waals surface area (Å²) in [5, 5.41) is 15.1. The maximum atomic E-state index is 12.2. The average molecular weight is 284 g/mol. The van der Waals surface area contributed by atoms with Gasteiger partial charge in [0.05, 0.1) is 5.54 Å². The molecule has 1 aromatic carbocycles. The van der Waals surface area contributed by atoms with Crippen LogP contribution in [-0.4, -0.2) is 22.5 Å². The van der Waals surface area contributed by atoms with E-state index in [1.54, 1.807) is 25.1 Å². The first kappa shape index (κ1) is 15.3. The van der Waals surface area contributed by atoms with Crippen molar-refractivity contribution in [2.45, 2.75) is 32.7 Å². The summed E-state index contributed by atoms with van der Waals surface area (Å²) < 4.78 is 0. The van der Waals surface area contributed by atoms with Gasteiger partial charge in [-0.3, -0.25) is 4.79 Å². The van der Waals surface area contributed by atoms with Crippen molar-refractivity contribution in [3.63, 3.8) is 0 Å². The van der Waals surface area contributed by atoms with Crippen LogP contribution < -0.4 is 11.1 Å². The molecule has 4 N–H and O–H groups in total. The van der Waals surface area contributed by atoms with Crippen molar-refractivity contribution in [3.8, 4) is 0 Å². The highest BCUT2D eigenvalue weighted by atomic mass is 35.5. The second kappa shape index (κ2) is 5.93. The van der Waals surface area contributed by atoms with E-state index in [0.29, 0.717) is 17.0 Å². The molecule has 0 radical (unpaired) electrons. The van der Waals surface area contributed by atoms with Gasteiger partial charge in [0.2, 0.25) is 0 Å². The molecule has 5 nitrogen and oxygen atoms in total. The first-order chi connectivity index (χ1) is 8.84. The molecular weight excluding hydrogens is 266 g/mol. The first-order valence-electron chi connectivity index (χ1n) is 5.90. The molecule has 1 rings (SSSR count). The minimum absolute atomic E-state index is 0.0333. The van der Waals surface area contributed by atoms with E-state index in [1.807, 2.05) is 13.8 Å². The number of hydrogen-bond acceptors (Lipinski definition) is 3. The number of carbonyl (C=O) groups excluding carboxylic acids is 1. The maximum absolute atomic E-state index is 12.2. The highest BCUT2D eigenvalue weighted by Gasteiger charge is 2.30. The molecule has 0 bridgehead atoms. The second-order valence-corrected chi connectivity index (χ2v) is 5.00. The van der Waals surface area contributed by atoms with Gasteiger partial charge in [0, 0.05) is 10.6 Å². The quantitative estimate of drug-likeness (QED) is 0.343. The predicted octanol–water partition coefficient (Wildman–Crippen LogP) is 2.29. The molecule has 1 aromatic rings. The smallest absolute Gasteiger partial charge is 0.252 e. The van der Waals surface area contributed by atoms with E-state index in [-0.39, 0.29) is 11.7 Å². The van der Waals surface area contributed by atoms with E-state index in [1.165, 1.54) is 0 Å². The number of nitrogens with two attached hydrogens (primary N) is 1. The Balaban J connectivity index is 2.98. The number of nitrogens with one attached hydrogen (secondary N) is 1. The van der Waals surface area contributed by atoms with Gasteiger partial charge in [-0.1, -0.05) is 23.7 Å². The van der Waals surface area contributed by atoms with Crippen LogP contribution in [0.1, 0.15) is 36.2 Å². The van der Waals surface area contributed by atoms with Gasteiger partial charge in [-0.25, -0.2) is 0 Å². The van der Waals surface area contributed by atoms with Crippen LogP contribution in [0.3, 0.4) is 0 Å². The van der Waals surface area contributed by atoms with E-state index in [4.69, 9.17) is 22.5 Å². The molecule has 0 spiro atoms. The zero-order valence-electron chi connectivity index (χ0n) is 11.2. The van der Waals surface area contributed by atoms with Crippen LogP contribution in [0.25, 0.3) is 0 Å². The number of halogens is 1. The topological polar surface area (TPSA) is 87.7 Å². The Labute approximate surface area is 117 Å². The molecule has 0 aromatic heterocycles. The Hall–Kier alpha value is -1.75. The monoisotopic (exact) mass is 283 g/mol. The van der Waals surface area contributed by atoms with E-state index >= 15 is 0 Å². The zero-order valence-corrected chi connectivity index (χ0v) is 12.0. The van der Waals surface area contributed by atoms with Crippen LogP contribution in [0.15, 0.2) is 23.4 Å². The van der Waals surface area contributed by atoms with Crippen molar-refractivity contribution in [1.82, 2.24) is 5.32 Å². The molecule has 0 aliphatic carbocycles. The Bertz CT molecular complexity index is 517. The summed E-state index contributed by atoms with van der Waals surface area (Å²) in [6.45, 7) is 5.36. The molecular formula is C13H18ClN3O2. The normalized spacial score (nSPS) is 14.8. The number of amidine groups is 1. The van der Waals surface area contributed by atoms with E-state index < -0.39 is 5.54 Å². The lowest BCUT2D eigenvalue weighted by Gasteiger charge is -2.28. The molecule has 0 saturated heterocycles. The van der Waals surface area contributed by atoms with Crippen LogP contribution in [0.4, 0.5) is 0 Å². The van der Waals surface area contributed by atoms with Gasteiger partial charge in [0.1, 0.15) is 0 Å². The van der Waals surface area contributed by atoms with Gasteiger partial charge < -0.3 is 16.3 Å². The summed E-state index contributed by atoms with van der Waals surface area (Å²) in [5.41, 5.74) is 6.01. The fraction of sp³-hybridized carbons (Fsp3) is 0.385. The Morgan fingerprint density at radius 3 is 2.68 bits per heavy atom. The van der Waals surface area contributed by atoms with Crippen LogP contribution in [0.2, 0.25) is 5.02 Å². The summed E-state index contributed by atoms with van der Waals surface area (Å²) in [4.78, 5) is 12.2. The van der Waals surface area contributed by atoms with Crippen molar-refractivity contribution in [3.05, 3.63) is 34.3 Å². The minimum atomic E-state index is -0.890. The number of hydrogen-bond donors (Lipinski definition) is 3. The molecule has 0 heterocycles. The number of aryl methyl sites for hydroxylation is 1. The summed E-state index contributed by atoms with van der Waals surface area (Å²) in [6.07, 6.45) is 0.501. The Kier molecular flexibility index (Phi) is 4.78. The molecule has 1 atom stereocenters. The first-order valence-corrected chi connectivity index (χ1v) is 6.28. The van der Waals surface area contributed by atoms with Gasteiger partial charge in [-0.2, -0.15) is 0 Å². The second-order valence-electron chi connectivity index (χ2n) is 4.59. The third-order valence-corrected chi connectivity index (χ3v) is 3.61. The summed E-state index contributed by atoms with van der Waals surface area (Å²) in [7, 11) is 0. The number of oxime groups is 1. The number of benzene rings is 1. The van der Waals surface area contributed by atoms with Crippen LogP contribution in [0.5, 0.6) is 0 Å². The van der Waals surface area contributed by atoms with E-state index in [2.05, 4.69) is 10.5 Å². The third-order valence-electron chi connectivity index (χ3n) is 3.19. The van der Waals surface area contributed by atoms with Crippen LogP contribution >= 0.6 is 11.6 Å². The number of rotatable bonds is 4. The molecule has 19 heavy (non-hydrogen) atoms. The van der Waals surface area contributed by atoms with Crippen molar-refractivity contribution in [1.29, 1.82) is 0 Å². The highest BCUT2D eigenvalue weighted by Crippen LogP contribution is 2.17. The van der Waals surface area contributed by atoms with Gasteiger partial charge in [0.25, 0.3) is 5.91 Å². The molecule has 1 amide bonds. The van der Waals surface area contributed by atoms with Gasteiger partial charge >= 0.3 is 0 Å². The van der Waals surface area contributed by atoms with Crippen molar-refractivity contribution >= 4 is 23.3 Å². The SMILES string of the molecule is CCC(C)(NC(=O)c1ccc(Cl)c(C)c1)/C(N)=N/O. The molecule has 104 valence electrons. The summed E-state index contributed by atoms with van der Waals surface area (Å²) in [6, 6.07) is 4.99. The molecule has 1 unspecified atom stereocenters. The van der Waals surface area contributed by atoms with Crippen molar-refractivity contribution in [2.75, 3.05) is 0 Å². The molecule has 0 aliphatic rings.